The Morgan fingerprint density at radius 2 is 1.65 bits per heavy atom. The van der Waals surface area contributed by atoms with Crippen molar-refractivity contribution >= 4 is 0 Å². The highest BCUT2D eigenvalue weighted by Gasteiger charge is 2.30. The molecule has 0 N–H and O–H groups in total. The Morgan fingerprint density at radius 1 is 0.968 bits per heavy atom. The van der Waals surface area contributed by atoms with Crippen molar-refractivity contribution in [3.8, 4) is 17.2 Å². The van der Waals surface area contributed by atoms with Crippen molar-refractivity contribution in [1.82, 2.24) is 14.8 Å². The lowest BCUT2D eigenvalue weighted by Crippen LogP contribution is -2.45. The van der Waals surface area contributed by atoms with Crippen molar-refractivity contribution in [2.75, 3.05) is 33.3 Å². The maximum absolute atomic E-state index is 12.9. The van der Waals surface area contributed by atoms with Gasteiger partial charge in [-0.25, -0.2) is 4.98 Å². The van der Waals surface area contributed by atoms with Gasteiger partial charge in [0.05, 0.1) is 18.4 Å². The molecule has 0 atom stereocenters. The van der Waals surface area contributed by atoms with Crippen LogP contribution < -0.4 is 4.74 Å². The van der Waals surface area contributed by atoms with E-state index in [2.05, 4.69) is 14.8 Å². The molecule has 0 unspecified atom stereocenters. The van der Waals surface area contributed by atoms with Gasteiger partial charge in [0.25, 0.3) is 0 Å². The lowest BCUT2D eigenvalue weighted by molar-refractivity contribution is -0.137. The van der Waals surface area contributed by atoms with Crippen LogP contribution in [0.3, 0.4) is 0 Å². The second-order valence-electron chi connectivity index (χ2n) is 7.62. The molecule has 0 amide bonds. The Balaban J connectivity index is 1.29. The van der Waals surface area contributed by atoms with E-state index in [1.54, 1.807) is 19.4 Å². The Hall–Kier alpha value is -2.84. The smallest absolute Gasteiger partial charge is 0.416 e. The molecule has 0 radical (unpaired) electrons. The number of benzene rings is 2. The van der Waals surface area contributed by atoms with Crippen LogP contribution in [0.2, 0.25) is 0 Å². The van der Waals surface area contributed by atoms with Crippen molar-refractivity contribution in [2.45, 2.75) is 19.3 Å². The van der Waals surface area contributed by atoms with Gasteiger partial charge in [0.2, 0.25) is 5.89 Å². The Labute approximate surface area is 179 Å². The van der Waals surface area contributed by atoms with E-state index in [-0.39, 0.29) is 0 Å². The third-order valence-corrected chi connectivity index (χ3v) is 5.40. The summed E-state index contributed by atoms with van der Waals surface area (Å²) in [5.41, 5.74) is 1.83. The van der Waals surface area contributed by atoms with Crippen molar-refractivity contribution in [1.29, 1.82) is 0 Å². The van der Waals surface area contributed by atoms with Gasteiger partial charge < -0.3 is 9.15 Å². The second-order valence-corrected chi connectivity index (χ2v) is 7.62. The number of hydrogen-bond acceptors (Lipinski definition) is 5. The third kappa shape index (κ3) is 5.45. The van der Waals surface area contributed by atoms with Gasteiger partial charge in [-0.3, -0.25) is 9.80 Å². The number of piperazine rings is 1. The van der Waals surface area contributed by atoms with E-state index in [0.717, 1.165) is 49.3 Å². The van der Waals surface area contributed by atoms with Crippen LogP contribution in [0.25, 0.3) is 11.5 Å². The number of nitrogens with zero attached hydrogens (tertiary/aromatic N) is 3. The molecular formula is C23H24F3N3O2. The summed E-state index contributed by atoms with van der Waals surface area (Å²) in [4.78, 5) is 9.03. The molecule has 1 saturated heterocycles. The summed E-state index contributed by atoms with van der Waals surface area (Å²) >= 11 is 0. The van der Waals surface area contributed by atoms with E-state index in [0.29, 0.717) is 24.5 Å². The highest BCUT2D eigenvalue weighted by Crippen LogP contribution is 2.30. The molecule has 0 saturated carbocycles. The highest BCUT2D eigenvalue weighted by molar-refractivity contribution is 5.54. The lowest BCUT2D eigenvalue weighted by atomic mass is 10.1. The minimum Gasteiger partial charge on any atom is -0.497 e. The van der Waals surface area contributed by atoms with Gasteiger partial charge in [-0.15, -0.1) is 0 Å². The first-order chi connectivity index (χ1) is 14.9. The molecule has 4 rings (SSSR count). The standard InChI is InChI=1S/C23H24F3N3O2/c1-30-21-7-5-18(6-8-21)22-27-20(16-31-22)15-29-11-9-28(10-12-29)14-17-3-2-4-19(13-17)23(24,25)26/h2-8,13,16H,9-12,14-15H2,1H3. The van der Waals surface area contributed by atoms with Gasteiger partial charge in [0.1, 0.15) is 12.0 Å². The van der Waals surface area contributed by atoms with E-state index in [1.807, 2.05) is 24.3 Å². The molecule has 164 valence electrons. The summed E-state index contributed by atoms with van der Waals surface area (Å²) in [6, 6.07) is 13.1. The maximum Gasteiger partial charge on any atom is 0.416 e. The number of hydrogen-bond donors (Lipinski definition) is 0. The van der Waals surface area contributed by atoms with Crippen LogP contribution in [-0.2, 0) is 19.3 Å². The van der Waals surface area contributed by atoms with E-state index in [9.17, 15) is 13.2 Å². The molecule has 31 heavy (non-hydrogen) atoms. The highest BCUT2D eigenvalue weighted by atomic mass is 19.4. The number of halogens is 3. The fourth-order valence-corrected chi connectivity index (χ4v) is 3.68. The first kappa shape index (κ1) is 21.4. The molecule has 3 aromatic rings. The van der Waals surface area contributed by atoms with Gasteiger partial charge in [0, 0.05) is 44.8 Å². The SMILES string of the molecule is COc1ccc(-c2nc(CN3CCN(Cc4cccc(C(F)(F)F)c4)CC3)co2)cc1. The summed E-state index contributed by atoms with van der Waals surface area (Å²) in [5.74, 6) is 1.35. The van der Waals surface area contributed by atoms with Gasteiger partial charge in [0.15, 0.2) is 0 Å². The number of alkyl halides is 3. The quantitative estimate of drug-likeness (QED) is 0.567. The Kier molecular flexibility index (Phi) is 6.29. The molecule has 5 nitrogen and oxygen atoms in total. The average molecular weight is 431 g/mol. The topological polar surface area (TPSA) is 41.7 Å². The summed E-state index contributed by atoms with van der Waals surface area (Å²) < 4.78 is 49.5. The number of rotatable bonds is 6. The minimum absolute atomic E-state index is 0.517. The number of oxazole rings is 1. The van der Waals surface area contributed by atoms with Crippen molar-refractivity contribution < 1.29 is 22.3 Å². The number of aromatic nitrogens is 1. The zero-order chi connectivity index (χ0) is 21.8. The normalized spacial score (nSPS) is 15.9. The van der Waals surface area contributed by atoms with Crippen LogP contribution in [0.5, 0.6) is 5.75 Å². The summed E-state index contributed by atoms with van der Waals surface area (Å²) in [6.45, 7) is 4.42. The first-order valence-electron chi connectivity index (χ1n) is 10.1. The van der Waals surface area contributed by atoms with Gasteiger partial charge in [-0.1, -0.05) is 18.2 Å². The molecule has 2 heterocycles. The molecule has 0 bridgehead atoms. The van der Waals surface area contributed by atoms with Crippen LogP contribution in [-0.4, -0.2) is 48.1 Å². The molecule has 0 aliphatic carbocycles. The largest absolute Gasteiger partial charge is 0.497 e. The van der Waals surface area contributed by atoms with Crippen LogP contribution in [0.15, 0.2) is 59.2 Å². The zero-order valence-electron chi connectivity index (χ0n) is 17.2. The molecule has 8 heteroatoms. The maximum atomic E-state index is 12.9. The summed E-state index contributed by atoms with van der Waals surface area (Å²) in [7, 11) is 1.62. The van der Waals surface area contributed by atoms with Crippen LogP contribution >= 0.6 is 0 Å². The molecule has 1 aliphatic rings. The molecule has 1 fully saturated rings. The monoisotopic (exact) mass is 431 g/mol. The van der Waals surface area contributed by atoms with E-state index < -0.39 is 11.7 Å². The predicted octanol–water partition coefficient (Wildman–Crippen LogP) is 4.69. The average Bonchev–Trinajstić information content (AvgIpc) is 3.23. The van der Waals surface area contributed by atoms with Crippen molar-refractivity contribution in [3.05, 3.63) is 71.6 Å². The minimum atomic E-state index is -4.31. The molecule has 1 aromatic heterocycles. The zero-order valence-corrected chi connectivity index (χ0v) is 17.2. The molecular weight excluding hydrogens is 407 g/mol. The number of methoxy groups -OCH3 is 1. The van der Waals surface area contributed by atoms with Gasteiger partial charge in [-0.05, 0) is 35.9 Å². The first-order valence-corrected chi connectivity index (χ1v) is 10.1. The van der Waals surface area contributed by atoms with Crippen LogP contribution in [0, 0.1) is 0 Å². The Bertz CT molecular complexity index is 994. The third-order valence-electron chi connectivity index (χ3n) is 5.40. The van der Waals surface area contributed by atoms with E-state index >= 15 is 0 Å². The molecule has 2 aromatic carbocycles. The fraction of sp³-hybridized carbons (Fsp3) is 0.348. The summed E-state index contributed by atoms with van der Waals surface area (Å²) in [5, 5.41) is 0. The van der Waals surface area contributed by atoms with Crippen LogP contribution in [0.1, 0.15) is 16.8 Å². The van der Waals surface area contributed by atoms with Crippen molar-refractivity contribution in [2.24, 2.45) is 0 Å². The fourth-order valence-electron chi connectivity index (χ4n) is 3.68. The van der Waals surface area contributed by atoms with Gasteiger partial charge in [-0.2, -0.15) is 13.2 Å². The lowest BCUT2D eigenvalue weighted by Gasteiger charge is -2.34. The van der Waals surface area contributed by atoms with Gasteiger partial charge >= 0.3 is 6.18 Å². The molecule has 1 aliphatic heterocycles. The second kappa shape index (κ2) is 9.11. The summed E-state index contributed by atoms with van der Waals surface area (Å²) in [6.07, 6.45) is -2.63. The number of ether oxygens (including phenoxy) is 1. The Morgan fingerprint density at radius 3 is 2.29 bits per heavy atom. The van der Waals surface area contributed by atoms with E-state index in [1.165, 1.54) is 12.1 Å². The predicted molar refractivity (Wildman–Crippen MR) is 110 cm³/mol. The van der Waals surface area contributed by atoms with Crippen LogP contribution in [0.4, 0.5) is 13.2 Å². The molecule has 0 spiro atoms. The van der Waals surface area contributed by atoms with E-state index in [4.69, 9.17) is 9.15 Å². The van der Waals surface area contributed by atoms with Crippen molar-refractivity contribution in [3.63, 3.8) is 0 Å².